The van der Waals surface area contributed by atoms with E-state index in [0.717, 1.165) is 41.5 Å². The van der Waals surface area contributed by atoms with Crippen molar-refractivity contribution in [3.05, 3.63) is 83.4 Å². The summed E-state index contributed by atoms with van der Waals surface area (Å²) in [6, 6.07) is 16.0. The molecule has 0 spiro atoms. The van der Waals surface area contributed by atoms with Crippen molar-refractivity contribution in [3.63, 3.8) is 0 Å². The molecule has 0 aromatic heterocycles. The van der Waals surface area contributed by atoms with Gasteiger partial charge in [0.05, 0.1) is 24.9 Å². The van der Waals surface area contributed by atoms with Crippen LogP contribution in [0.2, 0.25) is 0 Å². The second-order valence-electron chi connectivity index (χ2n) is 14.0. The number of fused-ring (bicyclic) bond motifs is 1. The highest BCUT2D eigenvalue weighted by Crippen LogP contribution is 2.42. The van der Waals surface area contributed by atoms with Crippen molar-refractivity contribution in [2.75, 3.05) is 13.2 Å². The molecule has 1 saturated carbocycles. The lowest BCUT2D eigenvalue weighted by Gasteiger charge is -2.50. The Morgan fingerprint density at radius 2 is 1.67 bits per heavy atom. The van der Waals surface area contributed by atoms with Crippen molar-refractivity contribution in [1.29, 1.82) is 0 Å². The molecular weight excluding hydrogens is 582 g/mol. The molecule has 2 amide bonds. The second kappa shape index (κ2) is 15.6. The fourth-order valence-electron chi connectivity index (χ4n) is 7.15. The van der Waals surface area contributed by atoms with Crippen LogP contribution in [0.4, 0.5) is 4.79 Å². The number of hydrogen-bond donors (Lipinski definition) is 3. The average molecular weight is 634 g/mol. The van der Waals surface area contributed by atoms with E-state index in [1.807, 2.05) is 69.3 Å². The van der Waals surface area contributed by atoms with E-state index in [9.17, 15) is 14.7 Å². The zero-order valence-electron chi connectivity index (χ0n) is 27.6. The number of ether oxygens (including phenoxy) is 3. The van der Waals surface area contributed by atoms with Gasteiger partial charge in [-0.15, -0.1) is 0 Å². The smallest absolute Gasteiger partial charge is 0.407 e. The van der Waals surface area contributed by atoms with Gasteiger partial charge >= 0.3 is 6.09 Å². The minimum Gasteiger partial charge on any atom is -0.445 e. The summed E-state index contributed by atoms with van der Waals surface area (Å²) in [4.78, 5) is 28.0. The van der Waals surface area contributed by atoms with Crippen molar-refractivity contribution >= 4 is 12.0 Å². The molecule has 3 N–H and O–H groups in total. The fourth-order valence-corrected chi connectivity index (χ4v) is 7.15. The largest absolute Gasteiger partial charge is 0.445 e. The van der Waals surface area contributed by atoms with Crippen molar-refractivity contribution < 1.29 is 28.9 Å². The van der Waals surface area contributed by atoms with Crippen molar-refractivity contribution in [2.24, 2.45) is 5.92 Å². The first-order chi connectivity index (χ1) is 22.1. The van der Waals surface area contributed by atoms with Gasteiger partial charge < -0.3 is 30.0 Å². The number of hydrogen-bond acceptors (Lipinski definition) is 7. The van der Waals surface area contributed by atoms with E-state index in [4.69, 9.17) is 14.2 Å². The number of aliphatic hydroxyl groups excluding tert-OH is 1. The van der Waals surface area contributed by atoms with Gasteiger partial charge in [0.2, 0.25) is 5.91 Å². The highest BCUT2D eigenvalue weighted by molar-refractivity contribution is 5.82. The minimum atomic E-state index is -0.602. The van der Waals surface area contributed by atoms with E-state index in [-0.39, 0.29) is 42.9 Å². The summed E-state index contributed by atoms with van der Waals surface area (Å²) >= 11 is 0. The summed E-state index contributed by atoms with van der Waals surface area (Å²) < 4.78 is 18.3. The van der Waals surface area contributed by atoms with Gasteiger partial charge in [-0.3, -0.25) is 9.69 Å². The number of nitrogens with zero attached hydrogens (tertiary/aromatic N) is 1. The highest BCUT2D eigenvalue weighted by atomic mass is 16.7. The third kappa shape index (κ3) is 8.97. The topological polar surface area (TPSA) is 109 Å². The number of benzene rings is 2. The zero-order valence-corrected chi connectivity index (χ0v) is 27.6. The molecule has 2 saturated heterocycles. The van der Waals surface area contributed by atoms with Crippen LogP contribution in [-0.4, -0.2) is 58.9 Å². The molecule has 0 unspecified atom stereocenters. The average Bonchev–Trinajstić information content (AvgIpc) is 3.06. The number of nitrogens with one attached hydrogen (secondary N) is 2. The summed E-state index contributed by atoms with van der Waals surface area (Å²) in [6.07, 6.45) is 7.45. The predicted octanol–water partition coefficient (Wildman–Crippen LogP) is 6.07. The lowest BCUT2D eigenvalue weighted by Crippen LogP contribution is -2.61. The van der Waals surface area contributed by atoms with Gasteiger partial charge in [0.15, 0.2) is 6.29 Å². The van der Waals surface area contributed by atoms with E-state index < -0.39 is 12.4 Å². The van der Waals surface area contributed by atoms with Crippen LogP contribution < -0.4 is 10.6 Å². The highest BCUT2D eigenvalue weighted by Gasteiger charge is 2.44. The monoisotopic (exact) mass is 633 g/mol. The summed E-state index contributed by atoms with van der Waals surface area (Å²) in [6.45, 7) is 10.8. The third-order valence-electron chi connectivity index (χ3n) is 9.36. The molecule has 0 bridgehead atoms. The number of aliphatic hydroxyl groups is 1. The molecule has 2 heterocycles. The minimum absolute atomic E-state index is 0.0110. The van der Waals surface area contributed by atoms with Crippen molar-refractivity contribution in [2.45, 2.75) is 115 Å². The molecule has 46 heavy (non-hydrogen) atoms. The Labute approximate surface area is 273 Å². The number of piperidine rings is 1. The van der Waals surface area contributed by atoms with Crippen molar-refractivity contribution in [3.8, 4) is 0 Å². The number of carbonyl (C=O) groups is 2. The molecule has 2 aromatic carbocycles. The van der Waals surface area contributed by atoms with Gasteiger partial charge in [-0.2, -0.15) is 0 Å². The molecule has 9 heteroatoms. The van der Waals surface area contributed by atoms with Gasteiger partial charge in [-0.05, 0) is 69.1 Å². The maximum atomic E-state index is 13.7. The quantitative estimate of drug-likeness (QED) is 0.272. The van der Waals surface area contributed by atoms with Crippen LogP contribution in [0.15, 0.2) is 61.2 Å². The normalized spacial score (nSPS) is 26.9. The van der Waals surface area contributed by atoms with Crippen LogP contribution in [0.5, 0.6) is 0 Å². The molecule has 1 aliphatic carbocycles. The lowest BCUT2D eigenvalue weighted by molar-refractivity contribution is -0.255. The van der Waals surface area contributed by atoms with Gasteiger partial charge in [0.25, 0.3) is 0 Å². The molecule has 5 rings (SSSR count). The van der Waals surface area contributed by atoms with E-state index in [0.29, 0.717) is 31.5 Å². The fraction of sp³-hybridized carbons (Fsp3) is 0.568. The lowest BCUT2D eigenvalue weighted by atomic mass is 9.75. The maximum absolute atomic E-state index is 13.7. The Kier molecular flexibility index (Phi) is 11.5. The summed E-state index contributed by atoms with van der Waals surface area (Å²) in [5.74, 6) is 0.717. The summed E-state index contributed by atoms with van der Waals surface area (Å²) in [5.41, 5.74) is 3.39. The van der Waals surface area contributed by atoms with Crippen LogP contribution in [0, 0.1) is 5.92 Å². The van der Waals surface area contributed by atoms with Crippen LogP contribution in [-0.2, 0) is 32.2 Å². The molecule has 2 aliphatic heterocycles. The standard InChI is InChI=1S/C37H51N3O6/c1-5-20-44-36(43)38-22-25-10-16-29(17-11-25)35-45-30(21-33(46-35)28-14-12-26(24-41)13-15-28)23-40-31-9-7-6-8-27(31)18-19-32(40)34(42)39-37(2,3)4/h5,10-17,27,30-33,35,41H,1,6-9,18-24H2,2-4H3,(H,38,43)(H,39,42)/t27-,30-,31-,32-,33+,35+/m1/s1. The Hall–Kier alpha value is -3.24. The van der Waals surface area contributed by atoms with Gasteiger partial charge in [0, 0.05) is 36.7 Å². The van der Waals surface area contributed by atoms with Crippen LogP contribution >= 0.6 is 0 Å². The number of amides is 2. The Morgan fingerprint density at radius 3 is 2.37 bits per heavy atom. The molecule has 250 valence electrons. The predicted molar refractivity (Wildman–Crippen MR) is 177 cm³/mol. The SMILES string of the molecule is C=CCOC(=O)NCc1ccc([C@H]2O[C@@H](CN3[C@@H](C(=O)NC(C)(C)C)CC[C@H]4CCCC[C@H]43)C[C@@H](c3ccc(CO)cc3)O2)cc1. The summed E-state index contributed by atoms with van der Waals surface area (Å²) in [7, 11) is 0. The van der Waals surface area contributed by atoms with E-state index in [1.54, 1.807) is 0 Å². The molecule has 6 atom stereocenters. The third-order valence-corrected chi connectivity index (χ3v) is 9.36. The molecule has 0 radical (unpaired) electrons. The molecular formula is C37H51N3O6. The first-order valence-electron chi connectivity index (χ1n) is 16.8. The van der Waals surface area contributed by atoms with Gasteiger partial charge in [-0.25, -0.2) is 4.79 Å². The summed E-state index contributed by atoms with van der Waals surface area (Å²) in [5, 5.41) is 15.6. The Balaban J connectivity index is 1.36. The molecule has 3 aliphatic rings. The Morgan fingerprint density at radius 1 is 0.978 bits per heavy atom. The van der Waals surface area contributed by atoms with E-state index >= 15 is 0 Å². The number of rotatable bonds is 10. The second-order valence-corrected chi connectivity index (χ2v) is 14.0. The van der Waals surface area contributed by atoms with E-state index in [1.165, 1.54) is 25.3 Å². The van der Waals surface area contributed by atoms with Crippen molar-refractivity contribution in [1.82, 2.24) is 15.5 Å². The first-order valence-corrected chi connectivity index (χ1v) is 16.8. The number of carbonyl (C=O) groups excluding carboxylic acids is 2. The first kappa shape index (κ1) is 34.1. The van der Waals surface area contributed by atoms with Gasteiger partial charge in [0.1, 0.15) is 6.61 Å². The van der Waals surface area contributed by atoms with Crippen LogP contribution in [0.3, 0.4) is 0 Å². The van der Waals surface area contributed by atoms with Gasteiger partial charge in [-0.1, -0.05) is 74.0 Å². The number of alkyl carbamates (subject to hydrolysis) is 1. The number of likely N-dealkylation sites (tertiary alicyclic amines) is 1. The van der Waals surface area contributed by atoms with E-state index in [2.05, 4.69) is 22.1 Å². The molecule has 3 fully saturated rings. The Bertz CT molecular complexity index is 1310. The zero-order chi connectivity index (χ0) is 32.7. The van der Waals surface area contributed by atoms with Crippen LogP contribution in [0.25, 0.3) is 0 Å². The molecule has 2 aromatic rings. The molecule has 9 nitrogen and oxygen atoms in total. The van der Waals surface area contributed by atoms with Crippen LogP contribution in [0.1, 0.15) is 100 Å². The maximum Gasteiger partial charge on any atom is 0.407 e.